The second-order valence-corrected chi connectivity index (χ2v) is 5.57. The second kappa shape index (κ2) is 6.31. The summed E-state index contributed by atoms with van der Waals surface area (Å²) in [4.78, 5) is 19.2. The number of hydrogen-bond donors (Lipinski definition) is 2. The molecule has 2 aromatic rings. The van der Waals surface area contributed by atoms with Gasteiger partial charge in [0.15, 0.2) is 5.65 Å². The van der Waals surface area contributed by atoms with E-state index in [2.05, 4.69) is 20.3 Å². The van der Waals surface area contributed by atoms with E-state index in [1.807, 2.05) is 19.2 Å². The maximum Gasteiger partial charge on any atom is 0.257 e. The van der Waals surface area contributed by atoms with Crippen molar-refractivity contribution >= 4 is 17.4 Å². The Labute approximate surface area is 129 Å². The average Bonchev–Trinajstić information content (AvgIpc) is 3.20. The van der Waals surface area contributed by atoms with E-state index in [-0.39, 0.29) is 18.6 Å². The normalized spacial score (nSPS) is 16.2. The molecule has 2 aromatic heterocycles. The van der Waals surface area contributed by atoms with Gasteiger partial charge in [-0.1, -0.05) is 6.92 Å². The zero-order chi connectivity index (χ0) is 15.5. The molecule has 3 rings (SSSR count). The number of rotatable bonds is 5. The molecule has 2 N–H and O–H groups in total. The van der Waals surface area contributed by atoms with Gasteiger partial charge in [0, 0.05) is 19.3 Å². The number of carbonyl (C=O) groups is 1. The molecule has 3 heterocycles. The number of nitrogens with one attached hydrogen (secondary N) is 1. The maximum atomic E-state index is 12.4. The molecule has 0 aliphatic carbocycles. The molecule has 1 saturated heterocycles. The molecule has 1 amide bonds. The number of anilines is 1. The highest BCUT2D eigenvalue weighted by molar-refractivity contribution is 5.99. The topological polar surface area (TPSA) is 82.8 Å². The van der Waals surface area contributed by atoms with Crippen molar-refractivity contribution in [1.82, 2.24) is 19.9 Å². The van der Waals surface area contributed by atoms with Gasteiger partial charge in [0.25, 0.3) is 5.91 Å². The van der Waals surface area contributed by atoms with Gasteiger partial charge in [-0.3, -0.25) is 4.79 Å². The minimum absolute atomic E-state index is 0.0755. The first-order valence-corrected chi connectivity index (χ1v) is 7.74. The van der Waals surface area contributed by atoms with Crippen LogP contribution in [0.5, 0.6) is 0 Å². The van der Waals surface area contributed by atoms with Crippen molar-refractivity contribution in [3.8, 4) is 0 Å². The first kappa shape index (κ1) is 14.8. The number of nitrogens with zero attached hydrogens (tertiary/aromatic N) is 4. The van der Waals surface area contributed by atoms with Crippen LogP contribution in [-0.4, -0.2) is 51.4 Å². The molecule has 0 bridgehead atoms. The van der Waals surface area contributed by atoms with Gasteiger partial charge >= 0.3 is 0 Å². The first-order chi connectivity index (χ1) is 10.7. The molecule has 7 heteroatoms. The number of aliphatic hydroxyl groups is 1. The van der Waals surface area contributed by atoms with Crippen molar-refractivity contribution < 1.29 is 9.90 Å². The summed E-state index contributed by atoms with van der Waals surface area (Å²) in [6, 6.07) is 1.68. The van der Waals surface area contributed by atoms with E-state index in [1.165, 1.54) is 19.0 Å². The lowest BCUT2D eigenvalue weighted by atomic mass is 10.2. The van der Waals surface area contributed by atoms with Crippen LogP contribution in [0.15, 0.2) is 18.5 Å². The largest absolute Gasteiger partial charge is 0.394 e. The van der Waals surface area contributed by atoms with E-state index in [9.17, 15) is 9.90 Å². The van der Waals surface area contributed by atoms with E-state index < -0.39 is 0 Å². The Bertz CT molecular complexity index is 659. The van der Waals surface area contributed by atoms with Crippen molar-refractivity contribution in [3.05, 3.63) is 24.0 Å². The smallest absolute Gasteiger partial charge is 0.257 e. The van der Waals surface area contributed by atoms with Crippen LogP contribution in [0.25, 0.3) is 5.65 Å². The lowest BCUT2D eigenvalue weighted by molar-refractivity contribution is 0.0916. The van der Waals surface area contributed by atoms with Crippen molar-refractivity contribution in [2.24, 2.45) is 0 Å². The Hall–Kier alpha value is -2.15. The third-order valence-corrected chi connectivity index (χ3v) is 4.08. The number of carbonyl (C=O) groups excluding carboxylic acids is 1. The molecule has 1 aliphatic rings. The Balaban J connectivity index is 1.89. The van der Waals surface area contributed by atoms with Crippen LogP contribution in [0.2, 0.25) is 0 Å². The molecule has 22 heavy (non-hydrogen) atoms. The number of fused-ring (bicyclic) bond motifs is 1. The highest BCUT2D eigenvalue weighted by atomic mass is 16.3. The monoisotopic (exact) mass is 303 g/mol. The fourth-order valence-corrected chi connectivity index (χ4v) is 2.68. The van der Waals surface area contributed by atoms with Crippen LogP contribution >= 0.6 is 0 Å². The standard InChI is InChI=1S/C15H21N5O2/c1-2-11(10-21)17-15(22)12-9-16-20-8-5-13(18-14(12)20)19-6-3-4-7-19/h5,8-9,11,21H,2-4,6-7,10H2,1H3,(H,17,22). The zero-order valence-electron chi connectivity index (χ0n) is 12.7. The molecule has 0 saturated carbocycles. The Morgan fingerprint density at radius 3 is 2.91 bits per heavy atom. The molecular weight excluding hydrogens is 282 g/mol. The number of amides is 1. The molecular formula is C15H21N5O2. The zero-order valence-corrected chi connectivity index (χ0v) is 12.7. The predicted molar refractivity (Wildman–Crippen MR) is 83.1 cm³/mol. The van der Waals surface area contributed by atoms with Gasteiger partial charge < -0.3 is 15.3 Å². The van der Waals surface area contributed by atoms with Gasteiger partial charge in [0.05, 0.1) is 18.8 Å². The fraction of sp³-hybridized carbons (Fsp3) is 0.533. The molecule has 1 aliphatic heterocycles. The first-order valence-electron chi connectivity index (χ1n) is 7.74. The Kier molecular flexibility index (Phi) is 4.24. The maximum absolute atomic E-state index is 12.4. The van der Waals surface area contributed by atoms with Crippen molar-refractivity contribution in [3.63, 3.8) is 0 Å². The van der Waals surface area contributed by atoms with Crippen LogP contribution in [0.1, 0.15) is 36.5 Å². The Morgan fingerprint density at radius 2 is 2.23 bits per heavy atom. The van der Waals surface area contributed by atoms with Gasteiger partial charge in [-0.05, 0) is 25.3 Å². The van der Waals surface area contributed by atoms with Crippen molar-refractivity contribution in [1.29, 1.82) is 0 Å². The summed E-state index contributed by atoms with van der Waals surface area (Å²) in [6.45, 7) is 3.84. The number of aliphatic hydroxyl groups excluding tert-OH is 1. The van der Waals surface area contributed by atoms with Gasteiger partial charge in [0.1, 0.15) is 11.4 Å². The summed E-state index contributed by atoms with van der Waals surface area (Å²) < 4.78 is 1.61. The van der Waals surface area contributed by atoms with Gasteiger partial charge in [-0.2, -0.15) is 5.10 Å². The SMILES string of the molecule is CCC(CO)NC(=O)c1cnn2ccc(N3CCCC3)nc12. The van der Waals surface area contributed by atoms with Crippen molar-refractivity contribution in [2.45, 2.75) is 32.2 Å². The molecule has 7 nitrogen and oxygen atoms in total. The van der Waals surface area contributed by atoms with E-state index in [4.69, 9.17) is 0 Å². The average molecular weight is 303 g/mol. The Morgan fingerprint density at radius 1 is 1.45 bits per heavy atom. The minimum atomic E-state index is -0.248. The summed E-state index contributed by atoms with van der Waals surface area (Å²) in [7, 11) is 0. The summed E-state index contributed by atoms with van der Waals surface area (Å²) in [5.41, 5.74) is 0.989. The highest BCUT2D eigenvalue weighted by Crippen LogP contribution is 2.19. The predicted octanol–water partition coefficient (Wildman–Crippen LogP) is 0.830. The number of hydrogen-bond acceptors (Lipinski definition) is 5. The second-order valence-electron chi connectivity index (χ2n) is 5.57. The van der Waals surface area contributed by atoms with Gasteiger partial charge in [-0.15, -0.1) is 0 Å². The molecule has 118 valence electrons. The third kappa shape index (κ3) is 2.76. The molecule has 1 atom stereocenters. The summed E-state index contributed by atoms with van der Waals surface area (Å²) >= 11 is 0. The van der Waals surface area contributed by atoms with Crippen LogP contribution < -0.4 is 10.2 Å². The van der Waals surface area contributed by atoms with Crippen LogP contribution in [0.4, 0.5) is 5.82 Å². The summed E-state index contributed by atoms with van der Waals surface area (Å²) in [5, 5.41) is 16.2. The summed E-state index contributed by atoms with van der Waals surface area (Å²) in [5.74, 6) is 0.635. The molecule has 0 radical (unpaired) electrons. The minimum Gasteiger partial charge on any atom is -0.394 e. The number of aromatic nitrogens is 3. The van der Waals surface area contributed by atoms with E-state index in [0.29, 0.717) is 17.6 Å². The van der Waals surface area contributed by atoms with Gasteiger partial charge in [0.2, 0.25) is 0 Å². The fourth-order valence-electron chi connectivity index (χ4n) is 2.68. The molecule has 1 unspecified atom stereocenters. The van der Waals surface area contributed by atoms with Gasteiger partial charge in [-0.25, -0.2) is 9.50 Å². The van der Waals surface area contributed by atoms with Crippen LogP contribution in [0, 0.1) is 0 Å². The summed E-state index contributed by atoms with van der Waals surface area (Å²) in [6.07, 6.45) is 6.38. The highest BCUT2D eigenvalue weighted by Gasteiger charge is 2.19. The molecule has 0 aromatic carbocycles. The van der Waals surface area contributed by atoms with Crippen LogP contribution in [0.3, 0.4) is 0 Å². The molecule has 1 fully saturated rings. The van der Waals surface area contributed by atoms with Crippen LogP contribution in [-0.2, 0) is 0 Å². The quantitative estimate of drug-likeness (QED) is 0.855. The van der Waals surface area contributed by atoms with E-state index >= 15 is 0 Å². The lowest BCUT2D eigenvalue weighted by Crippen LogP contribution is -2.36. The van der Waals surface area contributed by atoms with Crippen molar-refractivity contribution in [2.75, 3.05) is 24.6 Å². The lowest BCUT2D eigenvalue weighted by Gasteiger charge is -2.16. The molecule has 0 spiro atoms. The van der Waals surface area contributed by atoms with E-state index in [0.717, 1.165) is 18.9 Å². The van der Waals surface area contributed by atoms with E-state index in [1.54, 1.807) is 4.52 Å². The third-order valence-electron chi connectivity index (χ3n) is 4.08.